The van der Waals surface area contributed by atoms with Crippen LogP contribution in [0, 0.1) is 5.92 Å². The number of amides is 2. The van der Waals surface area contributed by atoms with Gasteiger partial charge in [-0.2, -0.15) is 8.75 Å². The van der Waals surface area contributed by atoms with Crippen LogP contribution >= 0.6 is 11.7 Å². The van der Waals surface area contributed by atoms with Crippen molar-refractivity contribution in [3.05, 3.63) is 23.8 Å². The van der Waals surface area contributed by atoms with Crippen LogP contribution in [0.5, 0.6) is 0 Å². The van der Waals surface area contributed by atoms with E-state index in [-0.39, 0.29) is 11.8 Å². The lowest BCUT2D eigenvalue weighted by molar-refractivity contribution is -0.120. The monoisotopic (exact) mass is 292 g/mol. The Balaban J connectivity index is 2.22. The Morgan fingerprint density at radius 3 is 2.75 bits per heavy atom. The molecule has 0 aliphatic heterocycles. The topological polar surface area (TPSA) is 98.0 Å². The molecule has 0 saturated carbocycles. The largest absolute Gasteiger partial charge is 0.368 e. The van der Waals surface area contributed by atoms with Crippen molar-refractivity contribution in [1.82, 2.24) is 14.1 Å². The maximum atomic E-state index is 12.3. The van der Waals surface area contributed by atoms with Crippen LogP contribution in [0.3, 0.4) is 0 Å². The van der Waals surface area contributed by atoms with Crippen LogP contribution in [-0.4, -0.2) is 26.6 Å². The molecular formula is C13H16N4O2S. The molecule has 1 heterocycles. The summed E-state index contributed by atoms with van der Waals surface area (Å²) in [5.74, 6) is -0.632. The van der Waals surface area contributed by atoms with E-state index in [0.717, 1.165) is 11.7 Å². The molecular weight excluding hydrogens is 276 g/mol. The second-order valence-electron chi connectivity index (χ2n) is 5.00. The molecule has 2 aromatic rings. The van der Waals surface area contributed by atoms with Gasteiger partial charge in [-0.3, -0.25) is 9.59 Å². The molecule has 0 bridgehead atoms. The van der Waals surface area contributed by atoms with Crippen LogP contribution < -0.4 is 11.1 Å². The number of benzene rings is 1. The number of hydrogen-bond acceptors (Lipinski definition) is 5. The predicted octanol–water partition coefficient (Wildman–Crippen LogP) is 1.32. The van der Waals surface area contributed by atoms with Crippen molar-refractivity contribution in [2.45, 2.75) is 26.3 Å². The van der Waals surface area contributed by atoms with Gasteiger partial charge in [-0.1, -0.05) is 19.9 Å². The third kappa shape index (κ3) is 3.11. The summed E-state index contributed by atoms with van der Waals surface area (Å²) >= 11 is 1.05. The fourth-order valence-electron chi connectivity index (χ4n) is 1.94. The lowest BCUT2D eigenvalue weighted by atomic mass is 10.0. The zero-order chi connectivity index (χ0) is 14.7. The van der Waals surface area contributed by atoms with Crippen LogP contribution in [-0.2, 0) is 4.79 Å². The molecule has 0 spiro atoms. The first kappa shape index (κ1) is 14.4. The third-order valence-corrected chi connectivity index (χ3v) is 3.43. The van der Waals surface area contributed by atoms with Gasteiger partial charge in [-0.15, -0.1) is 0 Å². The SMILES string of the molecule is CC(C)CC(NC(=O)c1cccc2nsnc12)C(N)=O. The van der Waals surface area contributed by atoms with Crippen LogP contribution in [0.1, 0.15) is 30.6 Å². The summed E-state index contributed by atoms with van der Waals surface area (Å²) in [6.07, 6.45) is 0.506. The summed E-state index contributed by atoms with van der Waals surface area (Å²) < 4.78 is 8.19. The van der Waals surface area contributed by atoms with Gasteiger partial charge >= 0.3 is 0 Å². The van der Waals surface area contributed by atoms with Crippen molar-refractivity contribution in [2.75, 3.05) is 0 Å². The fraction of sp³-hybridized carbons (Fsp3) is 0.385. The molecule has 1 aromatic carbocycles. The molecule has 20 heavy (non-hydrogen) atoms. The highest BCUT2D eigenvalue weighted by Gasteiger charge is 2.21. The van der Waals surface area contributed by atoms with Gasteiger partial charge in [-0.05, 0) is 24.5 Å². The molecule has 7 heteroatoms. The average Bonchev–Trinajstić information content (AvgIpc) is 2.84. The van der Waals surface area contributed by atoms with Gasteiger partial charge in [0.25, 0.3) is 5.91 Å². The summed E-state index contributed by atoms with van der Waals surface area (Å²) in [7, 11) is 0. The number of carbonyl (C=O) groups excluding carboxylic acids is 2. The number of nitrogens with zero attached hydrogens (tertiary/aromatic N) is 2. The molecule has 1 aromatic heterocycles. The number of nitrogens with two attached hydrogens (primary N) is 1. The second-order valence-corrected chi connectivity index (χ2v) is 5.52. The Labute approximate surface area is 120 Å². The Hall–Kier alpha value is -2.02. The normalized spacial score (nSPS) is 12.6. The van der Waals surface area contributed by atoms with Crippen molar-refractivity contribution in [3.8, 4) is 0 Å². The Morgan fingerprint density at radius 1 is 1.35 bits per heavy atom. The Morgan fingerprint density at radius 2 is 2.10 bits per heavy atom. The fourth-order valence-corrected chi connectivity index (χ4v) is 2.49. The van der Waals surface area contributed by atoms with E-state index >= 15 is 0 Å². The summed E-state index contributed by atoms with van der Waals surface area (Å²) in [6, 6.07) is 4.51. The molecule has 0 aliphatic carbocycles. The van der Waals surface area contributed by atoms with E-state index in [0.29, 0.717) is 23.0 Å². The van der Waals surface area contributed by atoms with E-state index in [1.165, 1.54) is 0 Å². The van der Waals surface area contributed by atoms with Crippen molar-refractivity contribution >= 4 is 34.6 Å². The van der Waals surface area contributed by atoms with Crippen molar-refractivity contribution in [2.24, 2.45) is 11.7 Å². The number of primary amides is 1. The van der Waals surface area contributed by atoms with Crippen molar-refractivity contribution in [1.29, 1.82) is 0 Å². The molecule has 6 nitrogen and oxygen atoms in total. The van der Waals surface area contributed by atoms with E-state index in [9.17, 15) is 9.59 Å². The van der Waals surface area contributed by atoms with E-state index < -0.39 is 11.9 Å². The molecule has 3 N–H and O–H groups in total. The number of carbonyl (C=O) groups is 2. The van der Waals surface area contributed by atoms with Gasteiger partial charge in [0.05, 0.1) is 17.3 Å². The van der Waals surface area contributed by atoms with Gasteiger partial charge in [0.2, 0.25) is 5.91 Å². The number of rotatable bonds is 5. The second kappa shape index (κ2) is 5.96. The maximum absolute atomic E-state index is 12.3. The van der Waals surface area contributed by atoms with E-state index in [1.54, 1.807) is 18.2 Å². The molecule has 0 fully saturated rings. The molecule has 0 aliphatic rings. The highest BCUT2D eigenvalue weighted by atomic mass is 32.1. The molecule has 0 saturated heterocycles. The van der Waals surface area contributed by atoms with Gasteiger partial charge in [0.15, 0.2) is 0 Å². The third-order valence-electron chi connectivity index (χ3n) is 2.89. The maximum Gasteiger partial charge on any atom is 0.254 e. The molecule has 0 radical (unpaired) electrons. The lowest BCUT2D eigenvalue weighted by Gasteiger charge is -2.17. The van der Waals surface area contributed by atoms with Crippen LogP contribution in [0.15, 0.2) is 18.2 Å². The van der Waals surface area contributed by atoms with E-state index in [2.05, 4.69) is 14.1 Å². The molecule has 1 atom stereocenters. The first-order valence-corrected chi connectivity index (χ1v) is 7.03. The molecule has 106 valence electrons. The minimum atomic E-state index is -0.677. The highest BCUT2D eigenvalue weighted by molar-refractivity contribution is 7.00. The summed E-state index contributed by atoms with van der Waals surface area (Å²) in [4.78, 5) is 23.7. The summed E-state index contributed by atoms with van der Waals surface area (Å²) in [5.41, 5.74) is 6.95. The first-order chi connectivity index (χ1) is 9.49. The summed E-state index contributed by atoms with van der Waals surface area (Å²) in [6.45, 7) is 3.93. The van der Waals surface area contributed by atoms with Crippen molar-refractivity contribution < 1.29 is 9.59 Å². The smallest absolute Gasteiger partial charge is 0.254 e. The number of hydrogen-bond donors (Lipinski definition) is 2. The van der Waals surface area contributed by atoms with Gasteiger partial charge in [0, 0.05) is 0 Å². The van der Waals surface area contributed by atoms with Gasteiger partial charge < -0.3 is 11.1 Å². The number of aromatic nitrogens is 2. The minimum absolute atomic E-state index is 0.254. The molecule has 2 rings (SSSR count). The van der Waals surface area contributed by atoms with Crippen LogP contribution in [0.4, 0.5) is 0 Å². The predicted molar refractivity (Wildman–Crippen MR) is 77.3 cm³/mol. The van der Waals surface area contributed by atoms with Gasteiger partial charge in [-0.25, -0.2) is 0 Å². The lowest BCUT2D eigenvalue weighted by Crippen LogP contribution is -2.45. The number of nitrogens with one attached hydrogen (secondary N) is 1. The number of fused-ring (bicyclic) bond motifs is 1. The summed E-state index contributed by atoms with van der Waals surface area (Å²) in [5, 5.41) is 2.67. The van der Waals surface area contributed by atoms with Gasteiger partial charge in [0.1, 0.15) is 17.1 Å². The van der Waals surface area contributed by atoms with Crippen LogP contribution in [0.2, 0.25) is 0 Å². The Bertz CT molecular complexity index is 638. The molecule has 1 unspecified atom stereocenters. The van der Waals surface area contributed by atoms with Crippen LogP contribution in [0.25, 0.3) is 11.0 Å². The zero-order valence-corrected chi connectivity index (χ0v) is 12.1. The van der Waals surface area contributed by atoms with Crippen molar-refractivity contribution in [3.63, 3.8) is 0 Å². The Kier molecular flexibility index (Phi) is 4.29. The quantitative estimate of drug-likeness (QED) is 0.868. The van der Waals surface area contributed by atoms with E-state index in [1.807, 2.05) is 13.8 Å². The zero-order valence-electron chi connectivity index (χ0n) is 11.3. The highest BCUT2D eigenvalue weighted by Crippen LogP contribution is 2.16. The van der Waals surface area contributed by atoms with E-state index in [4.69, 9.17) is 5.73 Å². The average molecular weight is 292 g/mol. The first-order valence-electron chi connectivity index (χ1n) is 6.30. The molecule has 2 amide bonds. The minimum Gasteiger partial charge on any atom is -0.368 e. The standard InChI is InChI=1S/C13H16N4O2S/c1-7(2)6-10(12(14)18)15-13(19)8-4-3-5-9-11(8)17-20-16-9/h3-5,7,10H,6H2,1-2H3,(H2,14,18)(H,15,19).